The van der Waals surface area contributed by atoms with Crippen LogP contribution in [0.4, 0.5) is 14.5 Å². The highest BCUT2D eigenvalue weighted by Gasteiger charge is 2.24. The minimum absolute atomic E-state index is 0.0470. The van der Waals surface area contributed by atoms with Gasteiger partial charge in [-0.1, -0.05) is 37.6 Å². The molecule has 0 heterocycles. The van der Waals surface area contributed by atoms with Gasteiger partial charge in [-0.05, 0) is 54.1 Å². The summed E-state index contributed by atoms with van der Waals surface area (Å²) in [5.41, 5.74) is 1.04. The van der Waals surface area contributed by atoms with Gasteiger partial charge in [0, 0.05) is 24.3 Å². The molecule has 0 radical (unpaired) electrons. The Morgan fingerprint density at radius 1 is 0.938 bits per heavy atom. The van der Waals surface area contributed by atoms with E-state index in [0.717, 1.165) is 0 Å². The van der Waals surface area contributed by atoms with Crippen molar-refractivity contribution in [1.29, 1.82) is 0 Å². The number of halogens is 3. The van der Waals surface area contributed by atoms with Crippen LogP contribution in [0.15, 0.2) is 65.6 Å². The van der Waals surface area contributed by atoms with Gasteiger partial charge in [0.25, 0.3) is 5.91 Å². The van der Waals surface area contributed by atoms with E-state index in [2.05, 4.69) is 5.32 Å². The van der Waals surface area contributed by atoms with E-state index >= 15 is 0 Å². The number of hydrogen-bond donors (Lipinski definition) is 1. The Balaban J connectivity index is 1.99. The summed E-state index contributed by atoms with van der Waals surface area (Å²) in [5.74, 6) is -1.65. The maximum atomic E-state index is 13.9. The first kappa shape index (κ1) is 23.8. The van der Waals surface area contributed by atoms with E-state index in [1.54, 1.807) is 13.8 Å². The molecule has 0 aliphatic carbocycles. The van der Waals surface area contributed by atoms with Crippen LogP contribution in [0.1, 0.15) is 24.2 Å². The van der Waals surface area contributed by atoms with Crippen LogP contribution < -0.4 is 5.32 Å². The zero-order valence-corrected chi connectivity index (χ0v) is 19.0. The van der Waals surface area contributed by atoms with Crippen LogP contribution in [-0.2, 0) is 10.0 Å². The summed E-state index contributed by atoms with van der Waals surface area (Å²) in [6.07, 6.45) is 0. The molecule has 0 bridgehead atoms. The number of carbonyl (C=O) groups is 1. The molecule has 32 heavy (non-hydrogen) atoms. The Labute approximate surface area is 190 Å². The van der Waals surface area contributed by atoms with Gasteiger partial charge in [0.1, 0.15) is 11.6 Å². The summed E-state index contributed by atoms with van der Waals surface area (Å²) in [4.78, 5) is 12.9. The molecule has 0 aliphatic rings. The van der Waals surface area contributed by atoms with Gasteiger partial charge in [-0.15, -0.1) is 0 Å². The molecular weight excluding hydrogens is 458 g/mol. The summed E-state index contributed by atoms with van der Waals surface area (Å²) >= 11 is 6.18. The van der Waals surface area contributed by atoms with Crippen molar-refractivity contribution in [2.24, 2.45) is 0 Å². The summed E-state index contributed by atoms with van der Waals surface area (Å²) in [6, 6.07) is 13.0. The Hall–Kier alpha value is -2.81. The van der Waals surface area contributed by atoms with Crippen molar-refractivity contribution in [1.82, 2.24) is 4.31 Å². The van der Waals surface area contributed by atoms with Gasteiger partial charge in [-0.25, -0.2) is 17.2 Å². The van der Waals surface area contributed by atoms with E-state index in [1.165, 1.54) is 65.0 Å². The third-order valence-corrected chi connectivity index (χ3v) is 7.29. The molecule has 1 N–H and O–H groups in total. The van der Waals surface area contributed by atoms with Crippen LogP contribution in [0.25, 0.3) is 11.1 Å². The largest absolute Gasteiger partial charge is 0.321 e. The van der Waals surface area contributed by atoms with Gasteiger partial charge in [-0.2, -0.15) is 4.31 Å². The Bertz CT molecular complexity index is 1240. The average molecular weight is 479 g/mol. The number of carbonyl (C=O) groups excluding carboxylic acids is 1. The third-order valence-electron chi connectivity index (χ3n) is 4.91. The van der Waals surface area contributed by atoms with Crippen molar-refractivity contribution in [3.05, 3.63) is 82.9 Å². The lowest BCUT2D eigenvalue weighted by Gasteiger charge is -2.19. The molecule has 0 atom stereocenters. The molecule has 0 fully saturated rings. The molecule has 0 spiro atoms. The lowest BCUT2D eigenvalue weighted by molar-refractivity contribution is 0.102. The fourth-order valence-corrected chi connectivity index (χ4v) is 4.92. The highest BCUT2D eigenvalue weighted by atomic mass is 35.5. The molecule has 0 saturated carbocycles. The predicted octanol–water partition coefficient (Wildman–Crippen LogP) is 5.57. The number of nitrogens with one attached hydrogen (secondary N) is 1. The number of amides is 1. The summed E-state index contributed by atoms with van der Waals surface area (Å²) < 4.78 is 54.1. The van der Waals surface area contributed by atoms with Crippen molar-refractivity contribution in [3.63, 3.8) is 0 Å². The van der Waals surface area contributed by atoms with E-state index in [-0.39, 0.29) is 34.3 Å². The Kier molecular flexibility index (Phi) is 7.28. The molecule has 168 valence electrons. The summed E-state index contributed by atoms with van der Waals surface area (Å²) in [6.45, 7) is 3.99. The minimum Gasteiger partial charge on any atom is -0.321 e. The lowest BCUT2D eigenvalue weighted by atomic mass is 10.0. The van der Waals surface area contributed by atoms with E-state index in [0.29, 0.717) is 11.1 Å². The molecule has 1 amide bonds. The zero-order valence-electron chi connectivity index (χ0n) is 17.4. The van der Waals surface area contributed by atoms with Crippen LogP contribution in [0, 0.1) is 11.6 Å². The van der Waals surface area contributed by atoms with E-state index in [1.807, 2.05) is 0 Å². The van der Waals surface area contributed by atoms with E-state index in [4.69, 9.17) is 11.6 Å². The lowest BCUT2D eigenvalue weighted by Crippen LogP contribution is -2.30. The van der Waals surface area contributed by atoms with Crippen molar-refractivity contribution in [2.45, 2.75) is 18.7 Å². The Morgan fingerprint density at radius 2 is 1.56 bits per heavy atom. The summed E-state index contributed by atoms with van der Waals surface area (Å²) in [7, 11) is -3.80. The maximum Gasteiger partial charge on any atom is 0.257 e. The molecule has 9 heteroatoms. The topological polar surface area (TPSA) is 66.5 Å². The maximum absolute atomic E-state index is 13.9. The van der Waals surface area contributed by atoms with Crippen LogP contribution in [0.3, 0.4) is 0 Å². The van der Waals surface area contributed by atoms with Gasteiger partial charge in [-0.3, -0.25) is 4.79 Å². The fraction of sp³-hybridized carbons (Fsp3) is 0.174. The van der Waals surface area contributed by atoms with Crippen LogP contribution in [-0.4, -0.2) is 31.7 Å². The first-order valence-electron chi connectivity index (χ1n) is 9.84. The van der Waals surface area contributed by atoms with Gasteiger partial charge in [0.15, 0.2) is 0 Å². The molecule has 5 nitrogen and oxygen atoms in total. The van der Waals surface area contributed by atoms with E-state index < -0.39 is 27.6 Å². The molecule has 3 aromatic rings. The number of nitrogens with zero attached hydrogens (tertiary/aromatic N) is 1. The standard InChI is InChI=1S/C23H21ClF2N2O3S/c1-3-28(4-2)32(30,31)18-10-11-21(24)20(14-18)23(29)27-22-12-9-17(26)13-19(22)15-5-7-16(25)8-6-15/h5-14H,3-4H2,1-2H3,(H,27,29). The normalized spacial score (nSPS) is 11.6. The second kappa shape index (κ2) is 9.77. The smallest absolute Gasteiger partial charge is 0.257 e. The van der Waals surface area contributed by atoms with Gasteiger partial charge in [0.05, 0.1) is 15.5 Å². The first-order chi connectivity index (χ1) is 15.2. The van der Waals surface area contributed by atoms with Crippen molar-refractivity contribution in [3.8, 4) is 11.1 Å². The zero-order chi connectivity index (χ0) is 23.5. The Morgan fingerprint density at radius 3 is 2.19 bits per heavy atom. The minimum atomic E-state index is -3.80. The molecule has 0 saturated heterocycles. The SMILES string of the molecule is CCN(CC)S(=O)(=O)c1ccc(Cl)c(C(=O)Nc2ccc(F)cc2-c2ccc(F)cc2)c1. The molecule has 0 aromatic heterocycles. The highest BCUT2D eigenvalue weighted by Crippen LogP contribution is 2.31. The number of hydrogen-bond acceptors (Lipinski definition) is 3. The van der Waals surface area contributed by atoms with Crippen molar-refractivity contribution >= 4 is 33.2 Å². The molecule has 0 aliphatic heterocycles. The second-order valence-electron chi connectivity index (χ2n) is 6.88. The van der Waals surface area contributed by atoms with Crippen molar-refractivity contribution in [2.75, 3.05) is 18.4 Å². The monoisotopic (exact) mass is 478 g/mol. The molecule has 3 rings (SSSR count). The second-order valence-corrected chi connectivity index (χ2v) is 9.23. The quantitative estimate of drug-likeness (QED) is 0.483. The van der Waals surface area contributed by atoms with Gasteiger partial charge in [0.2, 0.25) is 10.0 Å². The molecule has 0 unspecified atom stereocenters. The number of sulfonamides is 1. The van der Waals surface area contributed by atoms with Gasteiger partial charge < -0.3 is 5.32 Å². The highest BCUT2D eigenvalue weighted by molar-refractivity contribution is 7.89. The number of anilines is 1. The third kappa shape index (κ3) is 4.98. The number of benzene rings is 3. The predicted molar refractivity (Wildman–Crippen MR) is 121 cm³/mol. The van der Waals surface area contributed by atoms with E-state index in [9.17, 15) is 22.0 Å². The fourth-order valence-electron chi connectivity index (χ4n) is 3.23. The molecular formula is C23H21ClF2N2O3S. The molecule has 3 aromatic carbocycles. The van der Waals surface area contributed by atoms with Gasteiger partial charge >= 0.3 is 0 Å². The van der Waals surface area contributed by atoms with Crippen LogP contribution in [0.5, 0.6) is 0 Å². The van der Waals surface area contributed by atoms with Crippen LogP contribution in [0.2, 0.25) is 5.02 Å². The van der Waals surface area contributed by atoms with Crippen molar-refractivity contribution < 1.29 is 22.0 Å². The van der Waals surface area contributed by atoms with Crippen LogP contribution >= 0.6 is 11.6 Å². The summed E-state index contributed by atoms with van der Waals surface area (Å²) in [5, 5.41) is 2.71. The number of rotatable bonds is 7. The average Bonchev–Trinajstić information content (AvgIpc) is 2.76. The first-order valence-corrected chi connectivity index (χ1v) is 11.7.